The molecule has 22 heavy (non-hydrogen) atoms. The van der Waals surface area contributed by atoms with Crippen LogP contribution in [0.25, 0.3) is 10.8 Å². The van der Waals surface area contributed by atoms with Crippen molar-refractivity contribution >= 4 is 34.6 Å². The van der Waals surface area contributed by atoms with E-state index in [9.17, 15) is 5.11 Å². The van der Waals surface area contributed by atoms with Gasteiger partial charge in [0.05, 0.1) is 5.69 Å². The molecule has 0 fully saturated rings. The summed E-state index contributed by atoms with van der Waals surface area (Å²) < 4.78 is 0. The van der Waals surface area contributed by atoms with Gasteiger partial charge in [0.2, 0.25) is 0 Å². The second-order valence-electron chi connectivity index (χ2n) is 4.73. The largest absolute Gasteiger partial charge is 0.506 e. The molecule has 0 saturated carbocycles. The minimum absolute atomic E-state index is 0. The van der Waals surface area contributed by atoms with Gasteiger partial charge in [0.1, 0.15) is 11.4 Å². The van der Waals surface area contributed by atoms with Crippen molar-refractivity contribution < 1.29 is 5.11 Å². The van der Waals surface area contributed by atoms with Gasteiger partial charge >= 0.3 is 0 Å². The Kier molecular flexibility index (Phi) is 5.09. The van der Waals surface area contributed by atoms with Crippen LogP contribution in [0.4, 0.5) is 11.4 Å². The Morgan fingerprint density at radius 2 is 1.59 bits per heavy atom. The van der Waals surface area contributed by atoms with E-state index in [0.717, 1.165) is 22.0 Å². The smallest absolute Gasteiger partial charge is 0.143 e. The van der Waals surface area contributed by atoms with E-state index in [1.807, 2.05) is 54.6 Å². The highest BCUT2D eigenvalue weighted by Gasteiger charge is 2.05. The Bertz CT molecular complexity index is 801. The molecule has 0 amide bonds. The van der Waals surface area contributed by atoms with Crippen molar-refractivity contribution in [3.63, 3.8) is 0 Å². The number of phenols is 1. The molecule has 0 atom stereocenters. The molecular weight excluding hydrogens is 298 g/mol. The maximum absolute atomic E-state index is 10.00. The number of fused-ring (bicyclic) bond motifs is 1. The van der Waals surface area contributed by atoms with Crippen molar-refractivity contribution in [2.75, 3.05) is 0 Å². The predicted octanol–water partition coefficient (Wildman–Crippen LogP) is 4.84. The van der Waals surface area contributed by atoms with E-state index in [1.54, 1.807) is 6.07 Å². The standard InChI is InChI=1S/C17H15N3O.ClH/c18-11-12-5-8-14(9-6-12)19-20-17-15-4-2-1-3-13(15)7-10-16(17)21;/h1-10,21H,11,18H2;1H. The Morgan fingerprint density at radius 3 is 2.32 bits per heavy atom. The van der Waals surface area contributed by atoms with Gasteiger partial charge in [-0.05, 0) is 29.1 Å². The molecule has 0 saturated heterocycles. The lowest BCUT2D eigenvalue weighted by Crippen LogP contribution is -1.94. The van der Waals surface area contributed by atoms with Crippen LogP contribution < -0.4 is 5.73 Å². The van der Waals surface area contributed by atoms with Gasteiger partial charge in [0.25, 0.3) is 0 Å². The number of halogens is 1. The fourth-order valence-electron chi connectivity index (χ4n) is 2.16. The lowest BCUT2D eigenvalue weighted by molar-refractivity contribution is 0.477. The number of hydrogen-bond acceptors (Lipinski definition) is 4. The average Bonchev–Trinajstić information content (AvgIpc) is 2.54. The van der Waals surface area contributed by atoms with E-state index < -0.39 is 0 Å². The van der Waals surface area contributed by atoms with Crippen LogP contribution in [0.3, 0.4) is 0 Å². The maximum atomic E-state index is 10.00. The molecule has 0 heterocycles. The van der Waals surface area contributed by atoms with Gasteiger partial charge < -0.3 is 10.8 Å². The van der Waals surface area contributed by atoms with Gasteiger partial charge in [0, 0.05) is 11.9 Å². The summed E-state index contributed by atoms with van der Waals surface area (Å²) in [6.45, 7) is 0.502. The molecule has 0 unspecified atom stereocenters. The first-order valence-electron chi connectivity index (χ1n) is 6.69. The van der Waals surface area contributed by atoms with Gasteiger partial charge in [-0.25, -0.2) is 0 Å². The quantitative estimate of drug-likeness (QED) is 0.679. The molecule has 0 radical (unpaired) electrons. The van der Waals surface area contributed by atoms with Crippen LogP contribution in [-0.2, 0) is 6.54 Å². The van der Waals surface area contributed by atoms with Crippen molar-refractivity contribution in [2.45, 2.75) is 6.54 Å². The highest BCUT2D eigenvalue weighted by atomic mass is 35.5. The Hall–Kier alpha value is -2.43. The van der Waals surface area contributed by atoms with E-state index in [1.165, 1.54) is 0 Å². The molecule has 0 aliphatic heterocycles. The third-order valence-corrected chi connectivity index (χ3v) is 3.32. The molecule has 0 bridgehead atoms. The Balaban J connectivity index is 0.00000176. The van der Waals surface area contributed by atoms with Crippen LogP contribution in [0.2, 0.25) is 0 Å². The third kappa shape index (κ3) is 3.24. The summed E-state index contributed by atoms with van der Waals surface area (Å²) in [5, 5.41) is 20.3. The minimum Gasteiger partial charge on any atom is -0.506 e. The number of nitrogens with two attached hydrogens (primary N) is 1. The number of azo groups is 1. The van der Waals surface area contributed by atoms with E-state index >= 15 is 0 Å². The number of hydrogen-bond donors (Lipinski definition) is 2. The number of rotatable bonds is 3. The molecule has 3 aromatic rings. The fraction of sp³-hybridized carbons (Fsp3) is 0.0588. The first-order valence-corrected chi connectivity index (χ1v) is 6.69. The van der Waals surface area contributed by atoms with E-state index in [2.05, 4.69) is 10.2 Å². The van der Waals surface area contributed by atoms with Gasteiger partial charge in [-0.2, -0.15) is 5.11 Å². The summed E-state index contributed by atoms with van der Waals surface area (Å²) >= 11 is 0. The monoisotopic (exact) mass is 313 g/mol. The van der Waals surface area contributed by atoms with Crippen molar-refractivity contribution in [1.82, 2.24) is 0 Å². The van der Waals surface area contributed by atoms with Gasteiger partial charge in [-0.15, -0.1) is 17.5 Å². The van der Waals surface area contributed by atoms with Gasteiger partial charge in [-0.1, -0.05) is 42.5 Å². The molecule has 0 aromatic heterocycles. The maximum Gasteiger partial charge on any atom is 0.143 e. The van der Waals surface area contributed by atoms with E-state index in [4.69, 9.17) is 5.73 Å². The SMILES string of the molecule is Cl.NCc1ccc(N=Nc2c(O)ccc3ccccc23)cc1. The molecule has 3 rings (SSSR count). The minimum atomic E-state index is 0. The zero-order valence-electron chi connectivity index (χ0n) is 11.8. The predicted molar refractivity (Wildman–Crippen MR) is 91.4 cm³/mol. The highest BCUT2D eigenvalue weighted by Crippen LogP contribution is 2.35. The number of benzene rings is 3. The normalized spacial score (nSPS) is 10.8. The summed E-state index contributed by atoms with van der Waals surface area (Å²) in [5.74, 6) is 0.121. The fourth-order valence-corrected chi connectivity index (χ4v) is 2.16. The summed E-state index contributed by atoms with van der Waals surface area (Å²) in [5.41, 5.74) is 7.81. The van der Waals surface area contributed by atoms with Crippen LogP contribution in [0.15, 0.2) is 70.9 Å². The van der Waals surface area contributed by atoms with Crippen LogP contribution in [0.5, 0.6) is 5.75 Å². The Morgan fingerprint density at radius 1 is 0.864 bits per heavy atom. The summed E-state index contributed by atoms with van der Waals surface area (Å²) in [7, 11) is 0. The lowest BCUT2D eigenvalue weighted by Gasteiger charge is -2.03. The molecule has 3 N–H and O–H groups in total. The highest BCUT2D eigenvalue weighted by molar-refractivity contribution is 5.95. The average molecular weight is 314 g/mol. The summed E-state index contributed by atoms with van der Waals surface area (Å²) in [6.07, 6.45) is 0. The molecule has 0 aliphatic rings. The molecule has 0 spiro atoms. The molecule has 3 aromatic carbocycles. The number of nitrogens with zero attached hydrogens (tertiary/aromatic N) is 2. The van der Waals surface area contributed by atoms with Crippen LogP contribution in [-0.4, -0.2) is 5.11 Å². The molecule has 5 heteroatoms. The van der Waals surface area contributed by atoms with Crippen LogP contribution in [0.1, 0.15) is 5.56 Å². The first-order chi connectivity index (χ1) is 10.3. The van der Waals surface area contributed by atoms with Crippen molar-refractivity contribution in [3.8, 4) is 5.75 Å². The number of phenolic OH excluding ortho intramolecular Hbond substituents is 1. The molecule has 112 valence electrons. The second kappa shape index (κ2) is 7.02. The van der Waals surface area contributed by atoms with Crippen molar-refractivity contribution in [1.29, 1.82) is 0 Å². The van der Waals surface area contributed by atoms with Crippen LogP contribution in [0, 0.1) is 0 Å². The van der Waals surface area contributed by atoms with Crippen molar-refractivity contribution in [2.24, 2.45) is 16.0 Å². The topological polar surface area (TPSA) is 71.0 Å². The first kappa shape index (κ1) is 15.9. The van der Waals surface area contributed by atoms with E-state index in [0.29, 0.717) is 12.2 Å². The van der Waals surface area contributed by atoms with Crippen LogP contribution >= 0.6 is 12.4 Å². The van der Waals surface area contributed by atoms with Crippen molar-refractivity contribution in [3.05, 3.63) is 66.2 Å². The zero-order chi connectivity index (χ0) is 14.7. The number of aromatic hydroxyl groups is 1. The second-order valence-corrected chi connectivity index (χ2v) is 4.73. The van der Waals surface area contributed by atoms with E-state index in [-0.39, 0.29) is 18.2 Å². The molecular formula is C17H16ClN3O. The Labute approximate surface area is 134 Å². The lowest BCUT2D eigenvalue weighted by atomic mass is 10.1. The third-order valence-electron chi connectivity index (χ3n) is 3.32. The van der Waals surface area contributed by atoms with Gasteiger partial charge in [-0.3, -0.25) is 0 Å². The summed E-state index contributed by atoms with van der Waals surface area (Å²) in [6, 6.07) is 18.8. The molecule has 0 aliphatic carbocycles. The zero-order valence-corrected chi connectivity index (χ0v) is 12.6. The molecule has 4 nitrogen and oxygen atoms in total. The summed E-state index contributed by atoms with van der Waals surface area (Å²) in [4.78, 5) is 0. The van der Waals surface area contributed by atoms with Gasteiger partial charge in [0.15, 0.2) is 0 Å².